The van der Waals surface area contributed by atoms with Crippen molar-refractivity contribution in [2.45, 2.75) is 26.3 Å². The third-order valence-corrected chi connectivity index (χ3v) is 6.31. The first kappa shape index (κ1) is 22.3. The van der Waals surface area contributed by atoms with Crippen LogP contribution in [-0.2, 0) is 11.3 Å². The van der Waals surface area contributed by atoms with Crippen molar-refractivity contribution in [1.82, 2.24) is 24.1 Å². The standard InChI is InChI=1S/C22H25ClFN5O3/c1-14-21-18(29(25-22(21)32)15-5-6-17(24)16(23)12-15)13-20(31)28(14)7-3-4-19(30)27-10-8-26(2)9-11-27/h5-6,12-13H,3-4,7-11H2,1-2H3,(H,25,32). The van der Waals surface area contributed by atoms with Crippen LogP contribution in [0.4, 0.5) is 4.39 Å². The third kappa shape index (κ3) is 4.22. The van der Waals surface area contributed by atoms with Crippen LogP contribution >= 0.6 is 11.6 Å². The minimum Gasteiger partial charge on any atom is -0.340 e. The van der Waals surface area contributed by atoms with Gasteiger partial charge in [0.05, 0.1) is 21.6 Å². The number of benzene rings is 1. The monoisotopic (exact) mass is 461 g/mol. The maximum atomic E-state index is 13.5. The lowest BCUT2D eigenvalue weighted by Gasteiger charge is -2.32. The number of hydrogen-bond acceptors (Lipinski definition) is 4. The lowest BCUT2D eigenvalue weighted by molar-refractivity contribution is -0.132. The second-order valence-corrected chi connectivity index (χ2v) is 8.55. The van der Waals surface area contributed by atoms with Gasteiger partial charge in [-0.05, 0) is 38.6 Å². The zero-order chi connectivity index (χ0) is 23.0. The summed E-state index contributed by atoms with van der Waals surface area (Å²) in [6, 6.07) is 5.44. The molecule has 0 aliphatic carbocycles. The van der Waals surface area contributed by atoms with Crippen LogP contribution in [0.3, 0.4) is 0 Å². The molecule has 1 aliphatic heterocycles. The van der Waals surface area contributed by atoms with Crippen LogP contribution in [0.2, 0.25) is 5.02 Å². The lowest BCUT2D eigenvalue weighted by atomic mass is 10.2. The molecule has 2 aromatic heterocycles. The predicted octanol–water partition coefficient (Wildman–Crippen LogP) is 2.14. The summed E-state index contributed by atoms with van der Waals surface area (Å²) in [4.78, 5) is 42.0. The Morgan fingerprint density at radius 3 is 2.56 bits per heavy atom. The van der Waals surface area contributed by atoms with Gasteiger partial charge in [-0.15, -0.1) is 0 Å². The number of carbonyl (C=O) groups is 1. The Hall–Kier alpha value is -2.91. The highest BCUT2D eigenvalue weighted by atomic mass is 35.5. The number of aromatic nitrogens is 3. The van der Waals surface area contributed by atoms with Crippen molar-refractivity contribution >= 4 is 28.4 Å². The number of halogens is 2. The number of hydrogen-bond donors (Lipinski definition) is 1. The van der Waals surface area contributed by atoms with Crippen molar-refractivity contribution in [3.8, 4) is 5.69 Å². The van der Waals surface area contributed by atoms with Gasteiger partial charge < -0.3 is 14.4 Å². The van der Waals surface area contributed by atoms with E-state index < -0.39 is 5.82 Å². The number of piperazine rings is 1. The van der Waals surface area contributed by atoms with E-state index in [-0.39, 0.29) is 22.0 Å². The highest BCUT2D eigenvalue weighted by Gasteiger charge is 2.19. The summed E-state index contributed by atoms with van der Waals surface area (Å²) in [5.41, 5.74) is 0.721. The SMILES string of the molecule is Cc1c2c(=O)[nH]n(-c3ccc(F)c(Cl)c3)c2cc(=O)n1CCCC(=O)N1CCN(C)CC1. The Balaban J connectivity index is 1.57. The molecule has 3 aromatic rings. The average molecular weight is 462 g/mol. The molecule has 1 aromatic carbocycles. The number of pyridine rings is 1. The maximum Gasteiger partial charge on any atom is 0.274 e. The maximum absolute atomic E-state index is 13.5. The molecular formula is C22H25ClFN5O3. The largest absolute Gasteiger partial charge is 0.340 e. The number of aryl methyl sites for hydroxylation is 1. The normalized spacial score (nSPS) is 14.9. The fraction of sp³-hybridized carbons (Fsp3) is 0.409. The molecule has 3 heterocycles. The lowest BCUT2D eigenvalue weighted by Crippen LogP contribution is -2.47. The Morgan fingerprint density at radius 1 is 1.16 bits per heavy atom. The van der Waals surface area contributed by atoms with E-state index in [1.165, 1.54) is 33.5 Å². The molecule has 170 valence electrons. The average Bonchev–Trinajstić information content (AvgIpc) is 3.09. The van der Waals surface area contributed by atoms with Gasteiger partial charge in [-0.2, -0.15) is 0 Å². The van der Waals surface area contributed by atoms with E-state index in [1.54, 1.807) is 6.92 Å². The van der Waals surface area contributed by atoms with Gasteiger partial charge in [0, 0.05) is 50.9 Å². The summed E-state index contributed by atoms with van der Waals surface area (Å²) in [6.45, 7) is 5.21. The predicted molar refractivity (Wildman–Crippen MR) is 121 cm³/mol. The van der Waals surface area contributed by atoms with Gasteiger partial charge in [-0.25, -0.2) is 4.39 Å². The Labute approximate surface area is 188 Å². The van der Waals surface area contributed by atoms with Gasteiger partial charge in [0.15, 0.2) is 0 Å². The molecule has 0 spiro atoms. The van der Waals surface area contributed by atoms with Crippen molar-refractivity contribution in [2.24, 2.45) is 0 Å². The minimum atomic E-state index is -0.570. The number of fused-ring (bicyclic) bond motifs is 1. The van der Waals surface area contributed by atoms with Crippen LogP contribution in [0.1, 0.15) is 18.5 Å². The van der Waals surface area contributed by atoms with Gasteiger partial charge >= 0.3 is 0 Å². The summed E-state index contributed by atoms with van der Waals surface area (Å²) in [7, 11) is 2.03. The quantitative estimate of drug-likeness (QED) is 0.631. The van der Waals surface area contributed by atoms with Gasteiger partial charge in [0.2, 0.25) is 5.91 Å². The van der Waals surface area contributed by atoms with Crippen molar-refractivity contribution in [2.75, 3.05) is 33.2 Å². The van der Waals surface area contributed by atoms with Gasteiger partial charge in [0.1, 0.15) is 5.82 Å². The van der Waals surface area contributed by atoms with E-state index in [0.717, 1.165) is 26.2 Å². The van der Waals surface area contributed by atoms with E-state index in [0.29, 0.717) is 41.7 Å². The second-order valence-electron chi connectivity index (χ2n) is 8.14. The number of rotatable bonds is 5. The van der Waals surface area contributed by atoms with Crippen molar-refractivity contribution in [3.05, 3.63) is 61.5 Å². The summed E-state index contributed by atoms with van der Waals surface area (Å²) in [5.74, 6) is -0.485. The van der Waals surface area contributed by atoms with Crippen molar-refractivity contribution in [1.29, 1.82) is 0 Å². The highest BCUT2D eigenvalue weighted by molar-refractivity contribution is 6.30. The summed E-state index contributed by atoms with van der Waals surface area (Å²) in [5, 5.41) is 2.98. The molecule has 1 fully saturated rings. The zero-order valence-corrected chi connectivity index (χ0v) is 18.8. The number of nitrogens with one attached hydrogen (secondary N) is 1. The first-order valence-corrected chi connectivity index (χ1v) is 10.9. The molecule has 0 unspecified atom stereocenters. The number of nitrogens with zero attached hydrogens (tertiary/aromatic N) is 4. The molecule has 1 aliphatic rings. The molecule has 8 nitrogen and oxygen atoms in total. The number of aromatic amines is 1. The number of likely N-dealkylation sites (N-methyl/N-ethyl adjacent to an activating group) is 1. The molecule has 1 amide bonds. The molecule has 4 rings (SSSR count). The molecule has 0 saturated carbocycles. The van der Waals surface area contributed by atoms with E-state index in [2.05, 4.69) is 10.00 Å². The van der Waals surface area contributed by atoms with Gasteiger partial charge in [0.25, 0.3) is 11.1 Å². The summed E-state index contributed by atoms with van der Waals surface area (Å²) in [6.07, 6.45) is 0.850. The van der Waals surface area contributed by atoms with Crippen LogP contribution in [0.25, 0.3) is 16.6 Å². The fourth-order valence-corrected chi connectivity index (χ4v) is 4.31. The van der Waals surface area contributed by atoms with Crippen molar-refractivity contribution < 1.29 is 9.18 Å². The Bertz CT molecular complexity index is 1290. The van der Waals surface area contributed by atoms with Crippen LogP contribution in [-0.4, -0.2) is 63.3 Å². The molecule has 32 heavy (non-hydrogen) atoms. The first-order valence-electron chi connectivity index (χ1n) is 10.5. The molecule has 1 N–H and O–H groups in total. The molecule has 10 heteroatoms. The molecule has 0 bridgehead atoms. The number of carbonyl (C=O) groups excluding carboxylic acids is 1. The van der Waals surface area contributed by atoms with Crippen LogP contribution in [0.5, 0.6) is 0 Å². The van der Waals surface area contributed by atoms with Gasteiger partial charge in [-0.1, -0.05) is 11.6 Å². The molecular weight excluding hydrogens is 437 g/mol. The molecule has 1 saturated heterocycles. The topological polar surface area (TPSA) is 83.3 Å². The zero-order valence-electron chi connectivity index (χ0n) is 18.0. The number of amides is 1. The summed E-state index contributed by atoms with van der Waals surface area (Å²) >= 11 is 5.88. The first-order chi connectivity index (χ1) is 15.3. The van der Waals surface area contributed by atoms with Gasteiger partial charge in [-0.3, -0.25) is 24.2 Å². The van der Waals surface area contributed by atoms with Crippen LogP contribution in [0.15, 0.2) is 33.9 Å². The van der Waals surface area contributed by atoms with Crippen LogP contribution < -0.4 is 11.1 Å². The third-order valence-electron chi connectivity index (χ3n) is 6.02. The Morgan fingerprint density at radius 2 is 1.88 bits per heavy atom. The Kier molecular flexibility index (Phi) is 6.21. The van der Waals surface area contributed by atoms with Crippen LogP contribution in [0, 0.1) is 12.7 Å². The van der Waals surface area contributed by atoms with E-state index in [1.807, 2.05) is 11.9 Å². The number of H-pyrrole nitrogens is 1. The second kappa shape index (κ2) is 8.91. The van der Waals surface area contributed by atoms with Crippen molar-refractivity contribution in [3.63, 3.8) is 0 Å². The molecule has 0 radical (unpaired) electrons. The fourth-order valence-electron chi connectivity index (χ4n) is 4.14. The highest BCUT2D eigenvalue weighted by Crippen LogP contribution is 2.22. The van der Waals surface area contributed by atoms with E-state index in [4.69, 9.17) is 11.6 Å². The summed E-state index contributed by atoms with van der Waals surface area (Å²) < 4.78 is 16.5. The molecule has 0 atom stereocenters. The minimum absolute atomic E-state index is 0.0831. The van der Waals surface area contributed by atoms with E-state index >= 15 is 0 Å². The smallest absolute Gasteiger partial charge is 0.274 e. The van der Waals surface area contributed by atoms with E-state index in [9.17, 15) is 18.8 Å².